The maximum atomic E-state index is 11.6. The average molecular weight is 237 g/mol. The molecule has 0 saturated carbocycles. The summed E-state index contributed by atoms with van der Waals surface area (Å²) in [6.45, 7) is 3.13. The third-order valence-corrected chi connectivity index (χ3v) is 2.36. The van der Waals surface area contributed by atoms with Gasteiger partial charge in [0.25, 0.3) is 0 Å². The highest BCUT2D eigenvalue weighted by Gasteiger charge is 2.05. The fourth-order valence-corrected chi connectivity index (χ4v) is 1.47. The largest absolute Gasteiger partial charge is 0.392 e. The molecule has 1 aromatic carbocycles. The van der Waals surface area contributed by atoms with Crippen LogP contribution < -0.4 is 5.32 Å². The zero-order valence-electron chi connectivity index (χ0n) is 10.1. The van der Waals surface area contributed by atoms with Crippen molar-refractivity contribution < 1.29 is 14.6 Å². The molecule has 0 heterocycles. The lowest BCUT2D eigenvalue weighted by Crippen LogP contribution is -2.13. The van der Waals surface area contributed by atoms with Crippen molar-refractivity contribution in [1.82, 2.24) is 0 Å². The summed E-state index contributed by atoms with van der Waals surface area (Å²) < 4.78 is 5.16. The monoisotopic (exact) mass is 237 g/mol. The number of hydrogen-bond donors (Lipinski definition) is 2. The van der Waals surface area contributed by atoms with Crippen LogP contribution in [-0.4, -0.2) is 24.2 Å². The number of amides is 1. The molecule has 0 fully saturated rings. The van der Waals surface area contributed by atoms with Gasteiger partial charge in [0.05, 0.1) is 6.61 Å². The molecule has 0 saturated heterocycles. The summed E-state index contributed by atoms with van der Waals surface area (Å²) in [6.07, 6.45) is 1.14. The molecule has 1 aromatic rings. The Bertz CT molecular complexity index is 352. The summed E-state index contributed by atoms with van der Waals surface area (Å²) >= 11 is 0. The molecule has 0 bridgehead atoms. The Morgan fingerprint density at radius 1 is 1.41 bits per heavy atom. The van der Waals surface area contributed by atoms with Gasteiger partial charge < -0.3 is 15.2 Å². The fraction of sp³-hybridized carbons (Fsp3) is 0.462. The van der Waals surface area contributed by atoms with E-state index in [4.69, 9.17) is 9.84 Å². The molecule has 4 heteroatoms. The molecule has 1 rings (SSSR count). The molecule has 0 aliphatic rings. The van der Waals surface area contributed by atoms with Crippen LogP contribution in [0.3, 0.4) is 0 Å². The van der Waals surface area contributed by atoms with Crippen molar-refractivity contribution in [2.24, 2.45) is 0 Å². The number of ether oxygens (including phenoxy) is 1. The number of benzene rings is 1. The van der Waals surface area contributed by atoms with Crippen molar-refractivity contribution in [1.29, 1.82) is 0 Å². The van der Waals surface area contributed by atoms with E-state index in [-0.39, 0.29) is 12.5 Å². The lowest BCUT2D eigenvalue weighted by Gasteiger charge is -2.09. The van der Waals surface area contributed by atoms with Crippen LogP contribution in [0.15, 0.2) is 24.3 Å². The molecule has 0 aliphatic heterocycles. The summed E-state index contributed by atoms with van der Waals surface area (Å²) in [7, 11) is 0. The minimum Gasteiger partial charge on any atom is -0.392 e. The van der Waals surface area contributed by atoms with Crippen LogP contribution >= 0.6 is 0 Å². The van der Waals surface area contributed by atoms with Crippen LogP contribution in [0, 0.1) is 0 Å². The molecular weight excluding hydrogens is 218 g/mol. The van der Waals surface area contributed by atoms with E-state index in [9.17, 15) is 4.79 Å². The first-order valence-corrected chi connectivity index (χ1v) is 5.84. The van der Waals surface area contributed by atoms with Crippen molar-refractivity contribution in [2.75, 3.05) is 18.5 Å². The molecule has 0 aliphatic carbocycles. The minimum atomic E-state index is -0.0740. The zero-order chi connectivity index (χ0) is 12.5. The molecule has 1 amide bonds. The second-order valence-corrected chi connectivity index (χ2v) is 3.66. The Morgan fingerprint density at radius 3 is 2.88 bits per heavy atom. The van der Waals surface area contributed by atoms with E-state index >= 15 is 0 Å². The molecule has 4 nitrogen and oxygen atoms in total. The van der Waals surface area contributed by atoms with Gasteiger partial charge in [0, 0.05) is 30.9 Å². The number of carbonyl (C=O) groups is 1. The van der Waals surface area contributed by atoms with E-state index < -0.39 is 0 Å². The maximum Gasteiger partial charge on any atom is 0.224 e. The van der Waals surface area contributed by atoms with Crippen LogP contribution in [0.1, 0.15) is 25.3 Å². The third kappa shape index (κ3) is 4.97. The number of carbonyl (C=O) groups excluding carboxylic acids is 1. The lowest BCUT2D eigenvalue weighted by atomic mass is 10.2. The van der Waals surface area contributed by atoms with Gasteiger partial charge in [-0.25, -0.2) is 0 Å². The topological polar surface area (TPSA) is 58.6 Å². The first kappa shape index (κ1) is 13.7. The van der Waals surface area contributed by atoms with Gasteiger partial charge in [0.15, 0.2) is 0 Å². The quantitative estimate of drug-likeness (QED) is 0.712. The number of para-hydroxylation sites is 1. The predicted molar refractivity (Wildman–Crippen MR) is 66.7 cm³/mol. The van der Waals surface area contributed by atoms with Crippen molar-refractivity contribution in [2.45, 2.75) is 26.4 Å². The smallest absolute Gasteiger partial charge is 0.224 e. The fourth-order valence-electron chi connectivity index (χ4n) is 1.47. The molecule has 94 valence electrons. The number of aliphatic hydroxyl groups is 1. The molecule has 0 atom stereocenters. The Labute approximate surface area is 102 Å². The standard InChI is InChI=1S/C13H19NO3/c1-2-17-9-5-8-13(16)14-12-7-4-3-6-11(12)10-15/h3-4,6-7,15H,2,5,8-10H2,1H3,(H,14,16). The van der Waals surface area contributed by atoms with Crippen LogP contribution in [0.25, 0.3) is 0 Å². The molecule has 0 aromatic heterocycles. The van der Waals surface area contributed by atoms with E-state index in [0.29, 0.717) is 31.7 Å². The summed E-state index contributed by atoms with van der Waals surface area (Å²) in [5.41, 5.74) is 1.40. The number of aliphatic hydroxyl groups excluding tert-OH is 1. The maximum absolute atomic E-state index is 11.6. The molecule has 2 N–H and O–H groups in total. The minimum absolute atomic E-state index is 0.0504. The van der Waals surface area contributed by atoms with Crippen molar-refractivity contribution in [3.63, 3.8) is 0 Å². The van der Waals surface area contributed by atoms with Gasteiger partial charge in [0.1, 0.15) is 0 Å². The Kier molecular flexibility index (Phi) is 6.29. The number of hydrogen-bond acceptors (Lipinski definition) is 3. The molecule has 17 heavy (non-hydrogen) atoms. The van der Waals surface area contributed by atoms with Gasteiger partial charge in [-0.2, -0.15) is 0 Å². The van der Waals surface area contributed by atoms with E-state index in [2.05, 4.69) is 5.32 Å². The third-order valence-electron chi connectivity index (χ3n) is 2.36. The predicted octanol–water partition coefficient (Wildman–Crippen LogP) is 1.93. The Morgan fingerprint density at radius 2 is 2.18 bits per heavy atom. The summed E-state index contributed by atoms with van der Waals surface area (Å²) in [4.78, 5) is 11.6. The first-order valence-electron chi connectivity index (χ1n) is 5.84. The van der Waals surface area contributed by atoms with Crippen LogP contribution in [-0.2, 0) is 16.1 Å². The second kappa shape index (κ2) is 7.81. The van der Waals surface area contributed by atoms with Gasteiger partial charge in [-0.3, -0.25) is 4.79 Å². The van der Waals surface area contributed by atoms with E-state index in [1.54, 1.807) is 12.1 Å². The first-order chi connectivity index (χ1) is 8.27. The molecular formula is C13H19NO3. The summed E-state index contributed by atoms with van der Waals surface area (Å²) in [6, 6.07) is 7.23. The average Bonchev–Trinajstić information content (AvgIpc) is 2.35. The SMILES string of the molecule is CCOCCCC(=O)Nc1ccccc1CO. The van der Waals surface area contributed by atoms with E-state index in [1.807, 2.05) is 19.1 Å². The number of rotatable bonds is 7. The molecule has 0 spiro atoms. The van der Waals surface area contributed by atoms with Gasteiger partial charge in [-0.1, -0.05) is 18.2 Å². The normalized spacial score (nSPS) is 10.2. The lowest BCUT2D eigenvalue weighted by molar-refractivity contribution is -0.116. The highest BCUT2D eigenvalue weighted by atomic mass is 16.5. The van der Waals surface area contributed by atoms with Crippen LogP contribution in [0.4, 0.5) is 5.69 Å². The van der Waals surface area contributed by atoms with Gasteiger partial charge in [-0.15, -0.1) is 0 Å². The van der Waals surface area contributed by atoms with Crippen molar-refractivity contribution in [3.05, 3.63) is 29.8 Å². The number of anilines is 1. The summed E-state index contributed by atoms with van der Waals surface area (Å²) in [5, 5.41) is 11.9. The van der Waals surface area contributed by atoms with Gasteiger partial charge >= 0.3 is 0 Å². The van der Waals surface area contributed by atoms with Crippen molar-refractivity contribution in [3.8, 4) is 0 Å². The second-order valence-electron chi connectivity index (χ2n) is 3.66. The Hall–Kier alpha value is -1.39. The Balaban J connectivity index is 2.39. The van der Waals surface area contributed by atoms with Crippen LogP contribution in [0.2, 0.25) is 0 Å². The van der Waals surface area contributed by atoms with Gasteiger partial charge in [-0.05, 0) is 19.4 Å². The van der Waals surface area contributed by atoms with Crippen molar-refractivity contribution >= 4 is 11.6 Å². The number of nitrogens with one attached hydrogen (secondary N) is 1. The molecule has 0 unspecified atom stereocenters. The zero-order valence-corrected chi connectivity index (χ0v) is 10.1. The highest BCUT2D eigenvalue weighted by Crippen LogP contribution is 2.15. The van der Waals surface area contributed by atoms with Gasteiger partial charge in [0.2, 0.25) is 5.91 Å². The van der Waals surface area contributed by atoms with E-state index in [1.165, 1.54) is 0 Å². The highest BCUT2D eigenvalue weighted by molar-refractivity contribution is 5.91. The summed E-state index contributed by atoms with van der Waals surface area (Å²) in [5.74, 6) is -0.0504. The molecule has 0 radical (unpaired) electrons. The van der Waals surface area contributed by atoms with E-state index in [0.717, 1.165) is 5.56 Å². The van der Waals surface area contributed by atoms with Crippen LogP contribution in [0.5, 0.6) is 0 Å².